The smallest absolute Gasteiger partial charge is 0.446 e. The zero-order chi connectivity index (χ0) is 22.1. The first-order valence-electron chi connectivity index (χ1n) is 9.68. The Morgan fingerprint density at radius 3 is 2.65 bits per heavy atom. The average molecular weight is 428 g/mol. The summed E-state index contributed by atoms with van der Waals surface area (Å²) in [6.07, 6.45) is 0. The van der Waals surface area contributed by atoms with Gasteiger partial charge in [-0.2, -0.15) is 14.5 Å². The van der Waals surface area contributed by atoms with Gasteiger partial charge in [0, 0.05) is 18.7 Å². The summed E-state index contributed by atoms with van der Waals surface area (Å²) >= 11 is 0. The van der Waals surface area contributed by atoms with Crippen LogP contribution in [-0.2, 0) is 14.3 Å². The molecule has 0 unspecified atom stereocenters. The predicted octanol–water partition coefficient (Wildman–Crippen LogP) is -0.233. The minimum atomic E-state index is -0.509. The third-order valence-electron chi connectivity index (χ3n) is 5.18. The molecule has 1 aromatic rings. The standard InChI is InChI=1S/C20H22N5O6/c1-23-18-16(19(27)24(2)20(23)28)21-17(22-18)12-4-5-13(14(10-12)29-3)31-11-15(26)25-6-8-30-9-7-25/h4-5,10H,6-9,11H2,1-3H3/q+1. The number of ether oxygens (including phenoxy) is 3. The van der Waals surface area contributed by atoms with Crippen molar-refractivity contribution in [3.8, 4) is 11.5 Å². The third-order valence-corrected chi connectivity index (χ3v) is 5.18. The topological polar surface area (TPSA) is 113 Å². The second-order valence-electron chi connectivity index (χ2n) is 7.07. The number of methoxy groups -OCH3 is 1. The molecule has 1 saturated heterocycles. The van der Waals surface area contributed by atoms with Crippen LogP contribution in [0.15, 0.2) is 28.2 Å². The van der Waals surface area contributed by atoms with Gasteiger partial charge < -0.3 is 19.1 Å². The van der Waals surface area contributed by atoms with Gasteiger partial charge in [-0.05, 0) is 18.2 Å². The summed E-state index contributed by atoms with van der Waals surface area (Å²) < 4.78 is 17.6. The number of carbonyl (C=O) groups excluding carboxylic acids is 3. The van der Waals surface area contributed by atoms with Crippen LogP contribution in [0.1, 0.15) is 5.56 Å². The predicted molar refractivity (Wildman–Crippen MR) is 109 cm³/mol. The number of benzene rings is 1. The molecular weight excluding hydrogens is 406 g/mol. The van der Waals surface area contributed by atoms with Crippen molar-refractivity contribution in [2.45, 2.75) is 0 Å². The molecule has 1 fully saturated rings. The number of hydrogen-bond acceptors (Lipinski definition) is 8. The molecule has 1 aromatic carbocycles. The molecule has 4 amide bonds. The van der Waals surface area contributed by atoms with Gasteiger partial charge in [0.25, 0.3) is 5.91 Å². The molecule has 0 saturated carbocycles. The summed E-state index contributed by atoms with van der Waals surface area (Å²) in [5.41, 5.74) is 0.685. The fourth-order valence-corrected chi connectivity index (χ4v) is 3.37. The average Bonchev–Trinajstić information content (AvgIpc) is 3.26. The first kappa shape index (κ1) is 20.7. The van der Waals surface area contributed by atoms with E-state index in [1.807, 2.05) is 0 Å². The summed E-state index contributed by atoms with van der Waals surface area (Å²) in [6, 6.07) is 4.54. The van der Waals surface area contributed by atoms with Gasteiger partial charge in [0.15, 0.2) is 18.1 Å². The molecule has 3 heterocycles. The Balaban J connectivity index is 1.54. The Hall–Kier alpha value is -3.60. The number of amidine groups is 2. The highest BCUT2D eigenvalue weighted by molar-refractivity contribution is 6.70. The lowest BCUT2D eigenvalue weighted by atomic mass is 10.2. The normalized spacial score (nSPS) is 18.7. The molecule has 31 heavy (non-hydrogen) atoms. The minimum absolute atomic E-state index is 0.106. The fraction of sp³-hybridized carbons (Fsp3) is 0.400. The SMILES string of the molecule is COc1cc(C2=NC3=[N+](C)C(=O)N(C)C(=O)C3=N2)ccc1OCC(=O)N1CCOCC1. The van der Waals surface area contributed by atoms with E-state index in [1.165, 1.54) is 25.8 Å². The van der Waals surface area contributed by atoms with E-state index in [2.05, 4.69) is 9.98 Å². The number of amides is 4. The Kier molecular flexibility index (Phi) is 5.51. The molecule has 162 valence electrons. The molecule has 0 aromatic heterocycles. The molecule has 0 aliphatic carbocycles. The van der Waals surface area contributed by atoms with E-state index >= 15 is 0 Å². The quantitative estimate of drug-likeness (QED) is 0.599. The van der Waals surface area contributed by atoms with Crippen molar-refractivity contribution in [2.24, 2.45) is 9.98 Å². The molecular formula is C20H22N5O6+. The number of hydrogen-bond donors (Lipinski definition) is 0. The number of imide groups is 1. The van der Waals surface area contributed by atoms with E-state index in [9.17, 15) is 14.4 Å². The number of carbonyl (C=O) groups is 3. The van der Waals surface area contributed by atoms with Gasteiger partial charge in [0.1, 0.15) is 0 Å². The number of nitrogens with zero attached hydrogens (tertiary/aromatic N) is 5. The van der Waals surface area contributed by atoms with Crippen LogP contribution in [0.5, 0.6) is 11.5 Å². The maximum Gasteiger partial charge on any atom is 0.446 e. The van der Waals surface area contributed by atoms with Crippen LogP contribution in [0, 0.1) is 0 Å². The highest BCUT2D eigenvalue weighted by Gasteiger charge is 2.44. The third kappa shape index (κ3) is 3.79. The summed E-state index contributed by atoms with van der Waals surface area (Å²) in [5, 5.41) is 0. The van der Waals surface area contributed by atoms with E-state index in [1.54, 1.807) is 23.1 Å². The van der Waals surface area contributed by atoms with Gasteiger partial charge >= 0.3 is 17.8 Å². The monoisotopic (exact) mass is 428 g/mol. The van der Waals surface area contributed by atoms with Crippen molar-refractivity contribution in [1.82, 2.24) is 9.80 Å². The van der Waals surface area contributed by atoms with Gasteiger partial charge in [0.05, 0.1) is 34.4 Å². The first-order valence-corrected chi connectivity index (χ1v) is 9.68. The summed E-state index contributed by atoms with van der Waals surface area (Å²) in [4.78, 5) is 48.1. The molecule has 0 radical (unpaired) electrons. The van der Waals surface area contributed by atoms with Crippen molar-refractivity contribution in [3.63, 3.8) is 0 Å². The zero-order valence-electron chi connectivity index (χ0n) is 17.5. The fourth-order valence-electron chi connectivity index (χ4n) is 3.37. The van der Waals surface area contributed by atoms with Crippen LogP contribution in [0.3, 0.4) is 0 Å². The summed E-state index contributed by atoms with van der Waals surface area (Å²) in [7, 11) is 4.41. The molecule has 3 aliphatic rings. The van der Waals surface area contributed by atoms with Crippen LogP contribution in [0.4, 0.5) is 4.79 Å². The van der Waals surface area contributed by atoms with Gasteiger partial charge in [-0.1, -0.05) is 4.99 Å². The summed E-state index contributed by atoms with van der Waals surface area (Å²) in [5.74, 6) is 0.637. The van der Waals surface area contributed by atoms with Crippen molar-refractivity contribution in [1.29, 1.82) is 0 Å². The lowest BCUT2D eigenvalue weighted by Gasteiger charge is -2.26. The molecule has 3 aliphatic heterocycles. The van der Waals surface area contributed by atoms with Crippen molar-refractivity contribution in [2.75, 3.05) is 54.1 Å². The Labute approximate surface area is 178 Å². The van der Waals surface area contributed by atoms with E-state index in [4.69, 9.17) is 14.2 Å². The molecule has 4 rings (SSSR count). The van der Waals surface area contributed by atoms with Gasteiger partial charge in [-0.25, -0.2) is 9.59 Å². The number of morpholine rings is 1. The molecule has 11 heteroatoms. The minimum Gasteiger partial charge on any atom is -0.493 e. The van der Waals surface area contributed by atoms with Gasteiger partial charge in [-0.15, -0.1) is 0 Å². The van der Waals surface area contributed by atoms with Crippen LogP contribution < -0.4 is 9.47 Å². The molecule has 0 atom stereocenters. The maximum atomic E-state index is 12.4. The molecule has 0 spiro atoms. The lowest BCUT2D eigenvalue weighted by molar-refractivity contribution is -0.401. The Morgan fingerprint density at radius 1 is 1.19 bits per heavy atom. The number of urea groups is 1. The maximum absolute atomic E-state index is 12.4. The van der Waals surface area contributed by atoms with Crippen molar-refractivity contribution in [3.05, 3.63) is 23.8 Å². The molecule has 0 N–H and O–H groups in total. The first-order chi connectivity index (χ1) is 14.9. The van der Waals surface area contributed by atoms with Crippen LogP contribution >= 0.6 is 0 Å². The van der Waals surface area contributed by atoms with Crippen LogP contribution in [-0.4, -0.2) is 104 Å². The Morgan fingerprint density at radius 2 is 1.94 bits per heavy atom. The van der Waals surface area contributed by atoms with Gasteiger partial charge in [0.2, 0.25) is 11.5 Å². The highest BCUT2D eigenvalue weighted by atomic mass is 16.5. The summed E-state index contributed by atoms with van der Waals surface area (Å²) in [6.45, 7) is 2.01. The van der Waals surface area contributed by atoms with E-state index in [-0.39, 0.29) is 29.9 Å². The number of fused-ring (bicyclic) bond motifs is 1. The Bertz CT molecular complexity index is 1050. The second-order valence-corrected chi connectivity index (χ2v) is 7.07. The number of aliphatic imine (C=N–C) groups is 2. The second kappa shape index (κ2) is 8.26. The van der Waals surface area contributed by atoms with E-state index in [0.29, 0.717) is 43.4 Å². The zero-order valence-corrected chi connectivity index (χ0v) is 17.5. The van der Waals surface area contributed by atoms with Crippen LogP contribution in [0.25, 0.3) is 0 Å². The van der Waals surface area contributed by atoms with Crippen molar-refractivity contribution >= 4 is 35.2 Å². The van der Waals surface area contributed by atoms with E-state index < -0.39 is 11.9 Å². The lowest BCUT2D eigenvalue weighted by Crippen LogP contribution is -2.51. The van der Waals surface area contributed by atoms with Crippen LogP contribution in [0.2, 0.25) is 0 Å². The molecule has 0 bridgehead atoms. The van der Waals surface area contributed by atoms with E-state index in [0.717, 1.165) is 4.90 Å². The molecule has 11 nitrogen and oxygen atoms in total. The van der Waals surface area contributed by atoms with Gasteiger partial charge in [-0.3, -0.25) is 4.79 Å². The highest BCUT2D eigenvalue weighted by Crippen LogP contribution is 2.29. The largest absolute Gasteiger partial charge is 0.493 e. The number of rotatable bonds is 5. The van der Waals surface area contributed by atoms with Crippen molar-refractivity contribution < 1.29 is 33.2 Å².